The van der Waals surface area contributed by atoms with Crippen molar-refractivity contribution in [1.29, 1.82) is 0 Å². The van der Waals surface area contributed by atoms with Gasteiger partial charge in [-0.3, -0.25) is 4.79 Å². The number of carbonyl (C=O) groups is 1. The van der Waals surface area contributed by atoms with E-state index in [4.69, 9.17) is 0 Å². The zero-order chi connectivity index (χ0) is 15.1. The zero-order valence-electron chi connectivity index (χ0n) is 13.1. The lowest BCUT2D eigenvalue weighted by atomic mass is 10.0. The lowest BCUT2D eigenvalue weighted by Crippen LogP contribution is -2.47. The molecule has 2 aromatic rings. The Morgan fingerprint density at radius 2 is 1.91 bits per heavy atom. The Morgan fingerprint density at radius 1 is 1.14 bits per heavy atom. The summed E-state index contributed by atoms with van der Waals surface area (Å²) in [6.07, 6.45) is 4.74. The number of H-pyrrole nitrogens is 1. The SMILES string of the molecule is CN1CCC[C@@H]1[C@H]1CCCN1C(=O)c1cc2ccccc2[nH]1. The predicted octanol–water partition coefficient (Wildman–Crippen LogP) is 2.87. The van der Waals surface area contributed by atoms with Gasteiger partial charge in [0.15, 0.2) is 0 Å². The lowest BCUT2D eigenvalue weighted by Gasteiger charge is -2.33. The first-order valence-electron chi connectivity index (χ1n) is 8.33. The van der Waals surface area contributed by atoms with Gasteiger partial charge in [-0.05, 0) is 51.4 Å². The Bertz CT molecular complexity index is 659. The van der Waals surface area contributed by atoms with Gasteiger partial charge in [0.25, 0.3) is 5.91 Å². The average molecular weight is 297 g/mol. The van der Waals surface area contributed by atoms with Crippen LogP contribution in [0.25, 0.3) is 10.9 Å². The summed E-state index contributed by atoms with van der Waals surface area (Å²) >= 11 is 0. The number of aromatic nitrogens is 1. The highest BCUT2D eigenvalue weighted by Gasteiger charge is 2.38. The Kier molecular flexibility index (Phi) is 3.41. The number of hydrogen-bond acceptors (Lipinski definition) is 2. The molecule has 2 aliphatic rings. The van der Waals surface area contributed by atoms with E-state index in [1.807, 2.05) is 24.3 Å². The third-order valence-corrected chi connectivity index (χ3v) is 5.34. The molecule has 4 nitrogen and oxygen atoms in total. The highest BCUT2D eigenvalue weighted by atomic mass is 16.2. The minimum absolute atomic E-state index is 0.166. The molecule has 0 unspecified atom stereocenters. The van der Waals surface area contributed by atoms with Gasteiger partial charge < -0.3 is 14.8 Å². The molecule has 1 N–H and O–H groups in total. The van der Waals surface area contributed by atoms with Crippen LogP contribution in [-0.2, 0) is 0 Å². The van der Waals surface area contributed by atoms with Crippen molar-refractivity contribution in [1.82, 2.24) is 14.8 Å². The normalized spacial score (nSPS) is 26.1. The number of hydrogen-bond donors (Lipinski definition) is 1. The number of amides is 1. The van der Waals surface area contributed by atoms with E-state index in [2.05, 4.69) is 27.9 Å². The van der Waals surface area contributed by atoms with Crippen LogP contribution in [0, 0.1) is 0 Å². The molecule has 22 heavy (non-hydrogen) atoms. The number of benzene rings is 1. The van der Waals surface area contributed by atoms with Gasteiger partial charge in [-0.15, -0.1) is 0 Å². The summed E-state index contributed by atoms with van der Waals surface area (Å²) in [6, 6.07) is 11.0. The molecule has 1 aromatic carbocycles. The minimum Gasteiger partial charge on any atom is -0.351 e. The van der Waals surface area contributed by atoms with Crippen LogP contribution in [0.15, 0.2) is 30.3 Å². The fourth-order valence-electron chi connectivity index (χ4n) is 4.21. The number of para-hydroxylation sites is 1. The first-order valence-corrected chi connectivity index (χ1v) is 8.33. The molecule has 2 fully saturated rings. The molecule has 116 valence electrons. The van der Waals surface area contributed by atoms with Gasteiger partial charge in [0.1, 0.15) is 5.69 Å². The van der Waals surface area contributed by atoms with E-state index in [1.165, 1.54) is 12.8 Å². The minimum atomic E-state index is 0.166. The van der Waals surface area contributed by atoms with Gasteiger partial charge in [-0.25, -0.2) is 0 Å². The second-order valence-electron chi connectivity index (χ2n) is 6.67. The van der Waals surface area contributed by atoms with E-state index in [0.29, 0.717) is 12.1 Å². The maximum atomic E-state index is 13.0. The molecular weight excluding hydrogens is 274 g/mol. The molecule has 0 spiro atoms. The van der Waals surface area contributed by atoms with Gasteiger partial charge >= 0.3 is 0 Å². The number of carbonyl (C=O) groups excluding carboxylic acids is 1. The molecule has 2 saturated heterocycles. The molecule has 0 bridgehead atoms. The summed E-state index contributed by atoms with van der Waals surface area (Å²) in [5.74, 6) is 0.166. The lowest BCUT2D eigenvalue weighted by molar-refractivity contribution is 0.0659. The highest BCUT2D eigenvalue weighted by Crippen LogP contribution is 2.30. The summed E-state index contributed by atoms with van der Waals surface area (Å²) in [4.78, 5) is 20.8. The highest BCUT2D eigenvalue weighted by molar-refractivity contribution is 5.98. The van der Waals surface area contributed by atoms with E-state index >= 15 is 0 Å². The topological polar surface area (TPSA) is 39.3 Å². The molecule has 4 rings (SSSR count). The van der Waals surface area contributed by atoms with Crippen LogP contribution >= 0.6 is 0 Å². The van der Waals surface area contributed by atoms with Crippen molar-refractivity contribution in [2.45, 2.75) is 37.8 Å². The second kappa shape index (κ2) is 5.43. The van der Waals surface area contributed by atoms with Gasteiger partial charge in [0, 0.05) is 29.5 Å². The largest absolute Gasteiger partial charge is 0.351 e. The molecule has 4 heteroatoms. The van der Waals surface area contributed by atoms with Gasteiger partial charge in [-0.1, -0.05) is 18.2 Å². The molecule has 0 saturated carbocycles. The quantitative estimate of drug-likeness (QED) is 0.926. The smallest absolute Gasteiger partial charge is 0.270 e. The Morgan fingerprint density at radius 3 is 2.68 bits per heavy atom. The van der Waals surface area contributed by atoms with Crippen LogP contribution in [0.1, 0.15) is 36.2 Å². The summed E-state index contributed by atoms with van der Waals surface area (Å²) in [5, 5.41) is 1.11. The van der Waals surface area contributed by atoms with Crippen molar-refractivity contribution in [3.8, 4) is 0 Å². The van der Waals surface area contributed by atoms with Crippen molar-refractivity contribution in [3.05, 3.63) is 36.0 Å². The molecule has 0 aliphatic carbocycles. The Hall–Kier alpha value is -1.81. The van der Waals surface area contributed by atoms with Crippen molar-refractivity contribution >= 4 is 16.8 Å². The molecule has 2 atom stereocenters. The Labute approximate surface area is 131 Å². The van der Waals surface area contributed by atoms with Crippen LogP contribution in [0.5, 0.6) is 0 Å². The maximum absolute atomic E-state index is 13.0. The second-order valence-corrected chi connectivity index (χ2v) is 6.67. The molecule has 0 radical (unpaired) electrons. The summed E-state index contributed by atoms with van der Waals surface area (Å²) in [7, 11) is 2.20. The summed E-state index contributed by atoms with van der Waals surface area (Å²) in [5.41, 5.74) is 1.77. The molecule has 2 aliphatic heterocycles. The monoisotopic (exact) mass is 297 g/mol. The first kappa shape index (κ1) is 13.8. The molecule has 1 amide bonds. The zero-order valence-corrected chi connectivity index (χ0v) is 13.1. The van der Waals surface area contributed by atoms with Gasteiger partial charge in [0.05, 0.1) is 0 Å². The number of nitrogens with one attached hydrogen (secondary N) is 1. The van der Waals surface area contributed by atoms with Crippen LogP contribution in [0.4, 0.5) is 0 Å². The fraction of sp³-hybridized carbons (Fsp3) is 0.500. The number of aromatic amines is 1. The van der Waals surface area contributed by atoms with E-state index in [9.17, 15) is 4.79 Å². The van der Waals surface area contributed by atoms with Crippen molar-refractivity contribution in [2.75, 3.05) is 20.1 Å². The average Bonchev–Trinajstić information content (AvgIpc) is 3.24. The Balaban J connectivity index is 1.60. The number of likely N-dealkylation sites (tertiary alicyclic amines) is 2. The predicted molar refractivity (Wildman–Crippen MR) is 88.0 cm³/mol. The number of nitrogens with zero attached hydrogens (tertiary/aromatic N) is 2. The van der Waals surface area contributed by atoms with Gasteiger partial charge in [-0.2, -0.15) is 0 Å². The molecule has 1 aromatic heterocycles. The molecular formula is C18H23N3O. The standard InChI is InChI=1S/C18H23N3O/c1-20-10-4-8-16(20)17-9-5-11-21(17)18(22)15-12-13-6-2-3-7-14(13)19-15/h2-3,6-7,12,16-17,19H,4-5,8-11H2,1H3/t16-,17-/m1/s1. The first-order chi connectivity index (χ1) is 10.7. The molecule has 3 heterocycles. The van der Waals surface area contributed by atoms with Crippen LogP contribution < -0.4 is 0 Å². The van der Waals surface area contributed by atoms with Crippen LogP contribution in [0.2, 0.25) is 0 Å². The summed E-state index contributed by atoms with van der Waals surface area (Å²) in [6.45, 7) is 2.05. The van der Waals surface area contributed by atoms with Gasteiger partial charge in [0.2, 0.25) is 0 Å². The number of likely N-dealkylation sites (N-methyl/N-ethyl adjacent to an activating group) is 1. The van der Waals surface area contributed by atoms with Crippen molar-refractivity contribution < 1.29 is 4.79 Å². The fourth-order valence-corrected chi connectivity index (χ4v) is 4.21. The number of fused-ring (bicyclic) bond motifs is 1. The van der Waals surface area contributed by atoms with E-state index in [0.717, 1.165) is 42.5 Å². The van der Waals surface area contributed by atoms with Crippen LogP contribution in [-0.4, -0.2) is 52.9 Å². The van der Waals surface area contributed by atoms with Crippen molar-refractivity contribution in [3.63, 3.8) is 0 Å². The van der Waals surface area contributed by atoms with Crippen LogP contribution in [0.3, 0.4) is 0 Å². The van der Waals surface area contributed by atoms with E-state index in [1.54, 1.807) is 0 Å². The third kappa shape index (κ3) is 2.22. The number of rotatable bonds is 2. The van der Waals surface area contributed by atoms with E-state index < -0.39 is 0 Å². The maximum Gasteiger partial charge on any atom is 0.270 e. The van der Waals surface area contributed by atoms with E-state index in [-0.39, 0.29) is 5.91 Å². The van der Waals surface area contributed by atoms with Crippen molar-refractivity contribution in [2.24, 2.45) is 0 Å². The summed E-state index contributed by atoms with van der Waals surface area (Å²) < 4.78 is 0. The third-order valence-electron chi connectivity index (χ3n) is 5.34.